The Balaban J connectivity index is 2.71. The number of benzene rings is 1. The number of nitrogens with one attached hydrogen (secondary N) is 1. The number of hydrogen-bond acceptors (Lipinski definition) is 3. The van der Waals surface area contributed by atoms with Gasteiger partial charge in [0.15, 0.2) is 5.83 Å². The van der Waals surface area contributed by atoms with E-state index >= 15 is 0 Å². The van der Waals surface area contributed by atoms with Gasteiger partial charge in [-0.1, -0.05) is 5.92 Å². The van der Waals surface area contributed by atoms with Crippen molar-refractivity contribution < 1.29 is 22.7 Å². The molecule has 0 saturated heterocycles. The Morgan fingerprint density at radius 1 is 1.45 bits per heavy atom. The first kappa shape index (κ1) is 11.9. The average Bonchev–Trinajstić information content (AvgIpc) is 2.44. The zero-order valence-electron chi connectivity index (χ0n) is 13.9. The monoisotopic (exact) mass is 282 g/mol. The molecule has 0 aliphatic carbocycles. The molecule has 0 fully saturated rings. The molecule has 1 aromatic rings. The number of hydrogen-bond donors (Lipinski definition) is 2. The molecule has 0 saturated carbocycles. The van der Waals surface area contributed by atoms with Gasteiger partial charge in [0.1, 0.15) is 5.75 Å². The Kier molecular flexibility index (Phi) is 4.99. The second-order valence-electron chi connectivity index (χ2n) is 3.94. The first-order valence-electron chi connectivity index (χ1n) is 7.44. The van der Waals surface area contributed by atoms with E-state index in [0.29, 0.717) is 6.54 Å². The van der Waals surface area contributed by atoms with Crippen LogP contribution in [0.25, 0.3) is 5.83 Å². The molecule has 1 aromatic carbocycles. The van der Waals surface area contributed by atoms with E-state index in [1.807, 2.05) is 0 Å². The maximum absolute atomic E-state index is 13.8. The van der Waals surface area contributed by atoms with E-state index in [1.54, 1.807) is 0 Å². The predicted octanol–water partition coefficient (Wildman–Crippen LogP) is 2.40. The highest BCUT2D eigenvalue weighted by molar-refractivity contribution is 6.45. The predicted molar refractivity (Wildman–Crippen MR) is 76.4 cm³/mol. The summed E-state index contributed by atoms with van der Waals surface area (Å²) in [5, 5.41) is 11.6. The van der Waals surface area contributed by atoms with Crippen LogP contribution in [0, 0.1) is 11.8 Å². The Morgan fingerprint density at radius 2 is 2.15 bits per heavy atom. The zero-order chi connectivity index (χ0) is 17.5. The van der Waals surface area contributed by atoms with Gasteiger partial charge < -0.3 is 15.0 Å². The summed E-state index contributed by atoms with van der Waals surface area (Å²) < 4.78 is 52.9. The van der Waals surface area contributed by atoms with Crippen LogP contribution < -0.4 is 9.96 Å². The summed E-state index contributed by atoms with van der Waals surface area (Å²) in [6, 6.07) is 4.86. The Hall–Kier alpha value is -1.84. The minimum atomic E-state index is -2.60. The smallest absolute Gasteiger partial charge is 0.373 e. The third kappa shape index (κ3) is 5.43. The van der Waals surface area contributed by atoms with E-state index in [1.165, 1.54) is 31.1 Å². The quantitative estimate of drug-likeness (QED) is 0.495. The van der Waals surface area contributed by atoms with Crippen LogP contribution in [0.15, 0.2) is 30.1 Å². The van der Waals surface area contributed by atoms with Gasteiger partial charge in [-0.25, -0.2) is 4.39 Å². The number of halogens is 2. The molecule has 0 atom stereocenters. The third-order valence-electron chi connectivity index (χ3n) is 2.31. The molecule has 1 rings (SSSR count). The normalized spacial score (nSPS) is 14.1. The van der Waals surface area contributed by atoms with E-state index in [2.05, 4.69) is 21.8 Å². The average molecular weight is 282 g/mol. The Labute approximate surface area is 122 Å². The molecule has 106 valence electrons. The SMILES string of the molecule is [2H]C([2H])([2H])Oc1ccc(C(F)=C(F)C#CCCNB(C)O)cc1. The molecule has 0 amide bonds. The van der Waals surface area contributed by atoms with E-state index in [4.69, 9.17) is 9.14 Å². The molecule has 0 heterocycles. The Bertz CT molecular complexity index is 607. The fourth-order valence-corrected chi connectivity index (χ4v) is 1.33. The molecule has 0 aromatic heterocycles. The van der Waals surface area contributed by atoms with E-state index in [9.17, 15) is 8.78 Å². The van der Waals surface area contributed by atoms with Gasteiger partial charge in [-0.2, -0.15) is 4.39 Å². The highest BCUT2D eigenvalue weighted by atomic mass is 19.2. The van der Waals surface area contributed by atoms with Crippen molar-refractivity contribution >= 4 is 12.9 Å². The van der Waals surface area contributed by atoms with Gasteiger partial charge in [-0.3, -0.25) is 0 Å². The van der Waals surface area contributed by atoms with Crippen molar-refractivity contribution in [3.8, 4) is 17.6 Å². The van der Waals surface area contributed by atoms with Crippen LogP contribution in [0.1, 0.15) is 16.1 Å². The summed E-state index contributed by atoms with van der Waals surface area (Å²) in [5.41, 5.74) is -0.0724. The molecule has 2 N–H and O–H groups in total. The number of ether oxygens (including phenoxy) is 1. The van der Waals surface area contributed by atoms with Gasteiger partial charge >= 0.3 is 7.05 Å². The summed E-state index contributed by atoms with van der Waals surface area (Å²) in [5.74, 6) is 2.16. The van der Waals surface area contributed by atoms with Crippen molar-refractivity contribution in [2.24, 2.45) is 0 Å². The second kappa shape index (κ2) is 8.36. The number of methoxy groups -OCH3 is 1. The van der Waals surface area contributed by atoms with Gasteiger partial charge in [0, 0.05) is 12.0 Å². The standard InChI is InChI=1S/C14H16BF2NO2/c1-15(19)18-10-4-3-5-13(16)14(17)11-6-8-12(20-2)9-7-11/h6-9,18-19H,4,10H2,1-2H3/i2D3. The van der Waals surface area contributed by atoms with Gasteiger partial charge in [0.2, 0.25) is 5.83 Å². The van der Waals surface area contributed by atoms with Crippen molar-refractivity contribution in [2.45, 2.75) is 13.2 Å². The second-order valence-corrected chi connectivity index (χ2v) is 3.94. The van der Waals surface area contributed by atoms with Gasteiger partial charge in [0.25, 0.3) is 0 Å². The van der Waals surface area contributed by atoms with Crippen LogP contribution in [-0.4, -0.2) is 25.7 Å². The summed E-state index contributed by atoms with van der Waals surface area (Å²) in [4.78, 5) is 0. The summed E-state index contributed by atoms with van der Waals surface area (Å²) >= 11 is 0. The van der Waals surface area contributed by atoms with Gasteiger partial charge in [0.05, 0.1) is 11.2 Å². The number of allylic oxidation sites excluding steroid dienone is 1. The lowest BCUT2D eigenvalue weighted by atomic mass is 9.89. The van der Waals surface area contributed by atoms with Gasteiger partial charge in [-0.15, -0.1) is 0 Å². The molecule has 6 heteroatoms. The largest absolute Gasteiger partial charge is 0.497 e. The minimum absolute atomic E-state index is 0.0252. The lowest BCUT2D eigenvalue weighted by molar-refractivity contribution is 0.414. The minimum Gasteiger partial charge on any atom is -0.497 e. The van der Waals surface area contributed by atoms with Crippen LogP contribution in [0.4, 0.5) is 8.78 Å². The molecule has 3 nitrogen and oxygen atoms in total. The molecule has 0 aliphatic heterocycles. The fourth-order valence-electron chi connectivity index (χ4n) is 1.33. The lowest BCUT2D eigenvalue weighted by Crippen LogP contribution is -2.30. The molecule has 0 aliphatic rings. The van der Waals surface area contributed by atoms with E-state index < -0.39 is 25.7 Å². The van der Waals surface area contributed by atoms with Crippen LogP contribution in [-0.2, 0) is 0 Å². The zero-order valence-corrected chi connectivity index (χ0v) is 10.9. The molecular weight excluding hydrogens is 263 g/mol. The fraction of sp³-hybridized carbons (Fsp3) is 0.286. The van der Waals surface area contributed by atoms with Crippen LogP contribution in [0.5, 0.6) is 5.75 Å². The molecule has 0 spiro atoms. The lowest BCUT2D eigenvalue weighted by Gasteiger charge is -2.01. The summed E-state index contributed by atoms with van der Waals surface area (Å²) in [7, 11) is -3.29. The maximum atomic E-state index is 13.8. The Morgan fingerprint density at radius 3 is 2.75 bits per heavy atom. The molecule has 0 unspecified atom stereocenters. The van der Waals surface area contributed by atoms with Crippen LogP contribution in [0.3, 0.4) is 0 Å². The van der Waals surface area contributed by atoms with Crippen molar-refractivity contribution in [2.75, 3.05) is 13.6 Å². The van der Waals surface area contributed by atoms with Crippen LogP contribution in [0.2, 0.25) is 6.82 Å². The topological polar surface area (TPSA) is 41.5 Å². The van der Waals surface area contributed by atoms with Gasteiger partial charge in [-0.05, 0) is 43.6 Å². The molecule has 0 radical (unpaired) electrons. The summed E-state index contributed by atoms with van der Waals surface area (Å²) in [6.07, 6.45) is 0.247. The van der Waals surface area contributed by atoms with Crippen LogP contribution >= 0.6 is 0 Å². The van der Waals surface area contributed by atoms with Crippen molar-refractivity contribution in [1.82, 2.24) is 5.23 Å². The third-order valence-corrected chi connectivity index (χ3v) is 2.31. The molecule has 0 bridgehead atoms. The number of rotatable bonds is 5. The van der Waals surface area contributed by atoms with Crippen molar-refractivity contribution in [1.29, 1.82) is 0 Å². The van der Waals surface area contributed by atoms with E-state index in [-0.39, 0.29) is 17.7 Å². The van der Waals surface area contributed by atoms with E-state index in [0.717, 1.165) is 0 Å². The van der Waals surface area contributed by atoms with Crippen molar-refractivity contribution in [3.05, 3.63) is 35.7 Å². The highest BCUT2D eigenvalue weighted by Crippen LogP contribution is 2.23. The summed E-state index contributed by atoms with van der Waals surface area (Å²) in [6.45, 7) is 1.88. The van der Waals surface area contributed by atoms with Crippen molar-refractivity contribution in [3.63, 3.8) is 0 Å². The molecular formula is C14H16BF2NO2. The molecule has 20 heavy (non-hydrogen) atoms. The first-order valence-corrected chi connectivity index (χ1v) is 5.94. The first-order chi connectivity index (χ1) is 10.7. The highest BCUT2D eigenvalue weighted by Gasteiger charge is 2.07. The maximum Gasteiger partial charge on any atom is 0.373 e.